The van der Waals surface area contributed by atoms with E-state index in [1.165, 1.54) is 50.7 Å². The molecule has 1 N–H and O–H groups in total. The second kappa shape index (κ2) is 5.16. The molecule has 0 aromatic carbocycles. The van der Waals surface area contributed by atoms with Crippen LogP contribution in [0.2, 0.25) is 0 Å². The fraction of sp³-hybridized carbons (Fsp3) is 0.905. The fourth-order valence-corrected chi connectivity index (χ4v) is 7.18. The summed E-state index contributed by atoms with van der Waals surface area (Å²) in [5.74, 6) is 2.67. The molecule has 0 unspecified atom stereocenters. The molecule has 3 heteroatoms. The second-order valence-electron chi connectivity index (χ2n) is 9.90. The van der Waals surface area contributed by atoms with Crippen molar-refractivity contribution in [2.75, 3.05) is 0 Å². The maximum Gasteiger partial charge on any atom is 0.245 e. The van der Waals surface area contributed by atoms with Crippen molar-refractivity contribution < 1.29 is 4.79 Å². The van der Waals surface area contributed by atoms with Gasteiger partial charge < -0.3 is 5.32 Å². The van der Waals surface area contributed by atoms with Gasteiger partial charge in [-0.25, -0.2) is 4.99 Å². The van der Waals surface area contributed by atoms with Crippen LogP contribution in [0.5, 0.6) is 0 Å². The van der Waals surface area contributed by atoms with Crippen molar-refractivity contribution >= 4 is 11.6 Å². The quantitative estimate of drug-likeness (QED) is 0.829. The van der Waals surface area contributed by atoms with Gasteiger partial charge in [-0.2, -0.15) is 0 Å². The summed E-state index contributed by atoms with van der Waals surface area (Å²) in [4.78, 5) is 16.3. The molecule has 24 heavy (non-hydrogen) atoms. The highest BCUT2D eigenvalue weighted by molar-refractivity contribution is 6.02. The molecule has 4 saturated carbocycles. The zero-order valence-electron chi connectivity index (χ0n) is 15.3. The number of nitrogens with zero attached hydrogens (tertiary/aromatic N) is 1. The largest absolute Gasteiger partial charge is 0.311 e. The van der Waals surface area contributed by atoms with Crippen LogP contribution in [0.4, 0.5) is 0 Å². The predicted molar refractivity (Wildman–Crippen MR) is 96.0 cm³/mol. The number of nitrogens with one attached hydrogen (secondary N) is 1. The fourth-order valence-electron chi connectivity index (χ4n) is 7.18. The summed E-state index contributed by atoms with van der Waals surface area (Å²) >= 11 is 0. The first-order valence-electron chi connectivity index (χ1n) is 10.4. The molecule has 5 aliphatic rings. The Morgan fingerprint density at radius 3 is 2.58 bits per heavy atom. The molecule has 1 amide bonds. The van der Waals surface area contributed by atoms with Crippen LogP contribution in [0.15, 0.2) is 4.99 Å². The molecule has 3 nitrogen and oxygen atoms in total. The van der Waals surface area contributed by atoms with E-state index in [1.54, 1.807) is 0 Å². The average Bonchev–Trinajstić information content (AvgIpc) is 3.31. The van der Waals surface area contributed by atoms with Gasteiger partial charge in [0.1, 0.15) is 0 Å². The Morgan fingerprint density at radius 2 is 1.79 bits per heavy atom. The number of rotatable bonds is 2. The first kappa shape index (κ1) is 15.5. The number of carbonyl (C=O) groups excluding carboxylic acids is 1. The minimum Gasteiger partial charge on any atom is -0.311 e. The Balaban J connectivity index is 1.42. The highest BCUT2D eigenvalue weighted by Gasteiger charge is 2.59. The molecule has 0 aromatic rings. The van der Waals surface area contributed by atoms with Gasteiger partial charge >= 0.3 is 0 Å². The summed E-state index contributed by atoms with van der Waals surface area (Å²) < 4.78 is 0. The lowest BCUT2D eigenvalue weighted by Crippen LogP contribution is -2.55. The summed E-state index contributed by atoms with van der Waals surface area (Å²) in [5, 5.41) is 3.99. The van der Waals surface area contributed by atoms with E-state index < -0.39 is 0 Å². The van der Waals surface area contributed by atoms with Crippen LogP contribution < -0.4 is 5.32 Å². The van der Waals surface area contributed by atoms with E-state index in [-0.39, 0.29) is 11.3 Å². The van der Waals surface area contributed by atoms with E-state index in [2.05, 4.69) is 24.2 Å². The van der Waals surface area contributed by atoms with Crippen molar-refractivity contribution in [3.63, 3.8) is 0 Å². The first-order chi connectivity index (χ1) is 11.5. The third-order valence-electron chi connectivity index (χ3n) is 8.76. The van der Waals surface area contributed by atoms with Gasteiger partial charge in [-0.15, -0.1) is 0 Å². The van der Waals surface area contributed by atoms with Crippen LogP contribution >= 0.6 is 0 Å². The van der Waals surface area contributed by atoms with Crippen molar-refractivity contribution in [2.45, 2.75) is 90.1 Å². The third-order valence-corrected chi connectivity index (χ3v) is 8.76. The van der Waals surface area contributed by atoms with Gasteiger partial charge in [0.2, 0.25) is 5.91 Å². The van der Waals surface area contributed by atoms with Crippen LogP contribution in [0, 0.1) is 28.6 Å². The summed E-state index contributed by atoms with van der Waals surface area (Å²) in [5.41, 5.74) is 1.99. The highest BCUT2D eigenvalue weighted by Crippen LogP contribution is 2.63. The molecular formula is C21H32N2O. The molecule has 4 fully saturated rings. The number of fused-ring (bicyclic) bond motifs is 5. The van der Waals surface area contributed by atoms with Crippen LogP contribution in [0.25, 0.3) is 0 Å². The molecule has 1 heterocycles. The lowest BCUT2D eigenvalue weighted by molar-refractivity contribution is -0.119. The number of hydrogen-bond acceptors (Lipinski definition) is 2. The van der Waals surface area contributed by atoms with Crippen LogP contribution in [0.1, 0.15) is 78.1 Å². The van der Waals surface area contributed by atoms with Gasteiger partial charge in [-0.1, -0.05) is 13.8 Å². The highest BCUT2D eigenvalue weighted by atomic mass is 16.1. The lowest BCUT2D eigenvalue weighted by Gasteiger charge is -2.57. The van der Waals surface area contributed by atoms with E-state index in [0.717, 1.165) is 42.7 Å². The molecule has 6 atom stereocenters. The molecule has 0 aromatic heterocycles. The number of amides is 1. The van der Waals surface area contributed by atoms with E-state index in [9.17, 15) is 4.79 Å². The Kier molecular flexibility index (Phi) is 3.34. The Hall–Kier alpha value is -0.700. The number of hydrogen-bond donors (Lipinski definition) is 1. The van der Waals surface area contributed by atoms with E-state index in [1.807, 2.05) is 0 Å². The van der Waals surface area contributed by atoms with Crippen molar-refractivity contribution in [3.05, 3.63) is 0 Å². The van der Waals surface area contributed by atoms with Crippen molar-refractivity contribution in [1.82, 2.24) is 5.32 Å². The lowest BCUT2D eigenvalue weighted by atomic mass is 9.48. The van der Waals surface area contributed by atoms with Crippen molar-refractivity contribution in [3.8, 4) is 0 Å². The summed E-state index contributed by atoms with van der Waals surface area (Å²) in [7, 11) is 0. The summed E-state index contributed by atoms with van der Waals surface area (Å²) in [6, 6.07) is 1.59. The monoisotopic (exact) mass is 328 g/mol. The van der Waals surface area contributed by atoms with Crippen molar-refractivity contribution in [1.29, 1.82) is 0 Å². The topological polar surface area (TPSA) is 41.5 Å². The molecule has 0 spiro atoms. The average molecular weight is 329 g/mol. The predicted octanol–water partition coefficient (Wildman–Crippen LogP) is 4.11. The van der Waals surface area contributed by atoms with Gasteiger partial charge in [0, 0.05) is 29.6 Å². The van der Waals surface area contributed by atoms with E-state index in [4.69, 9.17) is 0 Å². The standard InChI is InChI=1S/C21H32N2O/c1-20-11-9-16-14(15(20)6-8-17(20)22-13-3-4-13)5-7-18-21(16,2)12-10-19(24)23-18/h13-17,22H,3-12H2,1-2H3/t14-,15-,16-,17-,20-,21+/m0/s1. The molecule has 0 saturated heterocycles. The summed E-state index contributed by atoms with van der Waals surface area (Å²) in [6.07, 6.45) is 12.4. The van der Waals surface area contributed by atoms with E-state index >= 15 is 0 Å². The molecule has 5 rings (SSSR count). The molecule has 132 valence electrons. The van der Waals surface area contributed by atoms with Crippen LogP contribution in [0.3, 0.4) is 0 Å². The molecular weight excluding hydrogens is 296 g/mol. The molecule has 4 aliphatic carbocycles. The summed E-state index contributed by atoms with van der Waals surface area (Å²) in [6.45, 7) is 5.03. The van der Waals surface area contributed by atoms with Crippen LogP contribution in [-0.4, -0.2) is 23.7 Å². The maximum absolute atomic E-state index is 11.8. The first-order valence-corrected chi connectivity index (χ1v) is 10.4. The van der Waals surface area contributed by atoms with Crippen molar-refractivity contribution in [2.24, 2.45) is 33.6 Å². The molecule has 0 bridgehead atoms. The maximum atomic E-state index is 11.8. The van der Waals surface area contributed by atoms with Gasteiger partial charge in [-0.05, 0) is 81.0 Å². The van der Waals surface area contributed by atoms with Gasteiger partial charge in [0.15, 0.2) is 0 Å². The van der Waals surface area contributed by atoms with Gasteiger partial charge in [-0.3, -0.25) is 4.79 Å². The Bertz CT molecular complexity index is 595. The smallest absolute Gasteiger partial charge is 0.245 e. The number of carbonyl (C=O) groups is 1. The third kappa shape index (κ3) is 2.12. The Labute approximate surface area is 146 Å². The number of aliphatic imine (C=N–C) groups is 1. The second-order valence-corrected chi connectivity index (χ2v) is 9.90. The molecule has 0 radical (unpaired) electrons. The van der Waals surface area contributed by atoms with E-state index in [0.29, 0.717) is 11.8 Å². The minimum absolute atomic E-state index is 0.135. The van der Waals surface area contributed by atoms with Gasteiger partial charge in [0.05, 0.1) is 0 Å². The molecule has 1 aliphatic heterocycles. The minimum atomic E-state index is 0.135. The normalized spacial score (nSPS) is 50.8. The van der Waals surface area contributed by atoms with Crippen LogP contribution in [-0.2, 0) is 4.79 Å². The zero-order chi connectivity index (χ0) is 16.5. The zero-order valence-corrected chi connectivity index (χ0v) is 15.3. The van der Waals surface area contributed by atoms with Gasteiger partial charge in [0.25, 0.3) is 0 Å². The Morgan fingerprint density at radius 1 is 0.958 bits per heavy atom. The SMILES string of the molecule is C[C@]12CC[C@H]3[C@@H](CCC4=NC(=O)CC[C@@]43C)[C@@H]1CC[C@@H]2NC1CC1.